The molecule has 0 spiro atoms. The third kappa shape index (κ3) is 3.45. The molecule has 1 N–H and O–H groups in total. The lowest BCUT2D eigenvalue weighted by Crippen LogP contribution is -2.55. The van der Waals surface area contributed by atoms with Gasteiger partial charge < -0.3 is 9.47 Å². The van der Waals surface area contributed by atoms with E-state index in [-0.39, 0.29) is 18.7 Å². The van der Waals surface area contributed by atoms with Crippen molar-refractivity contribution in [2.45, 2.75) is 38.8 Å². The van der Waals surface area contributed by atoms with Gasteiger partial charge in [-0.3, -0.25) is 10.2 Å². The van der Waals surface area contributed by atoms with Crippen LogP contribution < -0.4 is 5.43 Å². The zero-order chi connectivity index (χ0) is 17.7. The van der Waals surface area contributed by atoms with Crippen LogP contribution in [-0.2, 0) is 19.1 Å². The number of carbonyl (C=O) groups is 3. The van der Waals surface area contributed by atoms with Gasteiger partial charge >= 0.3 is 11.9 Å². The predicted molar refractivity (Wildman–Crippen MR) is 86.6 cm³/mol. The summed E-state index contributed by atoms with van der Waals surface area (Å²) in [6.45, 7) is 5.20. The second-order valence-electron chi connectivity index (χ2n) is 5.62. The van der Waals surface area contributed by atoms with Crippen LogP contribution in [0.5, 0.6) is 0 Å². The lowest BCUT2D eigenvalue weighted by molar-refractivity contribution is -0.152. The highest BCUT2D eigenvalue weighted by Gasteiger charge is 2.53. The van der Waals surface area contributed by atoms with E-state index in [0.717, 1.165) is 0 Å². The molecule has 1 unspecified atom stereocenters. The average molecular weight is 332 g/mol. The van der Waals surface area contributed by atoms with Crippen LogP contribution in [0.2, 0.25) is 0 Å². The molecule has 1 aromatic rings. The number of benzene rings is 1. The number of hydrogen-bond donors (Lipinski definition) is 1. The van der Waals surface area contributed by atoms with Crippen molar-refractivity contribution in [1.82, 2.24) is 5.43 Å². The molecule has 0 radical (unpaired) electrons. The standard InChI is InChI=1S/C17H20N2O5/c1-4-23-15(21)13-10-17(19-18-13,16(22)24-11(2)3)14(20)12-8-6-5-7-9-12/h5-9,11,19H,4,10H2,1-3H3. The Kier molecular flexibility index (Phi) is 5.33. The van der Waals surface area contributed by atoms with Crippen LogP contribution in [0.1, 0.15) is 37.6 Å². The first-order valence-electron chi connectivity index (χ1n) is 7.72. The highest BCUT2D eigenvalue weighted by atomic mass is 16.5. The van der Waals surface area contributed by atoms with Gasteiger partial charge in [0.1, 0.15) is 5.71 Å². The van der Waals surface area contributed by atoms with Crippen LogP contribution in [-0.4, -0.2) is 41.7 Å². The molecule has 1 aliphatic heterocycles. The van der Waals surface area contributed by atoms with E-state index in [9.17, 15) is 14.4 Å². The fourth-order valence-corrected chi connectivity index (χ4v) is 2.32. The van der Waals surface area contributed by atoms with Crippen LogP contribution in [0.4, 0.5) is 0 Å². The van der Waals surface area contributed by atoms with Gasteiger partial charge in [0.05, 0.1) is 12.7 Å². The Morgan fingerprint density at radius 1 is 1.25 bits per heavy atom. The molecule has 1 aromatic carbocycles. The highest BCUT2D eigenvalue weighted by Crippen LogP contribution is 2.26. The summed E-state index contributed by atoms with van der Waals surface area (Å²) in [5.41, 5.74) is 1.08. The van der Waals surface area contributed by atoms with Gasteiger partial charge in [0, 0.05) is 12.0 Å². The number of hydrazone groups is 1. The average Bonchev–Trinajstić information content (AvgIpc) is 3.01. The zero-order valence-corrected chi connectivity index (χ0v) is 13.9. The second-order valence-corrected chi connectivity index (χ2v) is 5.62. The number of Topliss-reactive ketones (excluding diaryl/α,β-unsaturated/α-hetero) is 1. The number of carbonyl (C=O) groups excluding carboxylic acids is 3. The Balaban J connectivity index is 2.33. The molecule has 1 aliphatic rings. The number of esters is 2. The first-order chi connectivity index (χ1) is 11.4. The fourth-order valence-electron chi connectivity index (χ4n) is 2.32. The highest BCUT2D eigenvalue weighted by molar-refractivity contribution is 6.39. The number of nitrogens with one attached hydrogen (secondary N) is 1. The van der Waals surface area contributed by atoms with Gasteiger partial charge in [-0.2, -0.15) is 5.10 Å². The smallest absolute Gasteiger partial charge is 0.354 e. The lowest BCUT2D eigenvalue weighted by Gasteiger charge is -2.26. The molecule has 0 aliphatic carbocycles. The van der Waals surface area contributed by atoms with E-state index in [1.165, 1.54) is 0 Å². The van der Waals surface area contributed by atoms with Crippen molar-refractivity contribution in [2.24, 2.45) is 5.10 Å². The van der Waals surface area contributed by atoms with Crippen molar-refractivity contribution in [2.75, 3.05) is 6.61 Å². The maximum Gasteiger partial charge on any atom is 0.354 e. The summed E-state index contributed by atoms with van der Waals surface area (Å²) in [6, 6.07) is 8.33. The molecular weight excluding hydrogens is 312 g/mol. The molecule has 24 heavy (non-hydrogen) atoms. The number of rotatable bonds is 6. The predicted octanol–water partition coefficient (Wildman–Crippen LogP) is 1.47. The largest absolute Gasteiger partial charge is 0.461 e. The molecule has 7 heteroatoms. The van der Waals surface area contributed by atoms with E-state index in [4.69, 9.17) is 9.47 Å². The molecule has 0 saturated heterocycles. The summed E-state index contributed by atoms with van der Waals surface area (Å²) >= 11 is 0. The van der Waals surface area contributed by atoms with Crippen molar-refractivity contribution in [3.63, 3.8) is 0 Å². The van der Waals surface area contributed by atoms with Crippen LogP contribution in [0.3, 0.4) is 0 Å². The number of hydrogen-bond acceptors (Lipinski definition) is 7. The van der Waals surface area contributed by atoms with Crippen molar-refractivity contribution in [3.8, 4) is 0 Å². The number of ketones is 1. The zero-order valence-electron chi connectivity index (χ0n) is 13.9. The SMILES string of the molecule is CCOC(=O)C1=NNC(C(=O)OC(C)C)(C(=O)c2ccccc2)C1. The molecule has 0 saturated carbocycles. The molecule has 2 rings (SSSR count). The van der Waals surface area contributed by atoms with Crippen LogP contribution in [0.25, 0.3) is 0 Å². The molecule has 128 valence electrons. The third-order valence-corrected chi connectivity index (χ3v) is 3.44. The Morgan fingerprint density at radius 2 is 1.92 bits per heavy atom. The van der Waals surface area contributed by atoms with Gasteiger partial charge in [0.2, 0.25) is 11.3 Å². The molecule has 0 aromatic heterocycles. The quantitative estimate of drug-likeness (QED) is 0.482. The minimum absolute atomic E-state index is 0.0122. The maximum absolute atomic E-state index is 12.9. The van der Waals surface area contributed by atoms with Gasteiger partial charge in [-0.15, -0.1) is 0 Å². The van der Waals surface area contributed by atoms with Crippen molar-refractivity contribution in [3.05, 3.63) is 35.9 Å². The second kappa shape index (κ2) is 7.25. The monoisotopic (exact) mass is 332 g/mol. The van der Waals surface area contributed by atoms with Crippen molar-refractivity contribution in [1.29, 1.82) is 0 Å². The van der Waals surface area contributed by atoms with E-state index in [2.05, 4.69) is 10.5 Å². The third-order valence-electron chi connectivity index (χ3n) is 3.44. The first-order valence-corrected chi connectivity index (χ1v) is 7.72. The summed E-state index contributed by atoms with van der Waals surface area (Å²) in [5.74, 6) is -1.93. The molecule has 0 bridgehead atoms. The van der Waals surface area contributed by atoms with E-state index in [1.54, 1.807) is 51.1 Å². The summed E-state index contributed by atoms with van der Waals surface area (Å²) < 4.78 is 10.1. The lowest BCUT2D eigenvalue weighted by atomic mass is 9.86. The number of ether oxygens (including phenoxy) is 2. The van der Waals surface area contributed by atoms with Crippen LogP contribution in [0, 0.1) is 0 Å². The fraction of sp³-hybridized carbons (Fsp3) is 0.412. The van der Waals surface area contributed by atoms with Gasteiger partial charge in [0.15, 0.2) is 0 Å². The minimum atomic E-state index is -1.76. The summed E-state index contributed by atoms with van der Waals surface area (Å²) in [6.07, 6.45) is -0.628. The van der Waals surface area contributed by atoms with Crippen LogP contribution >= 0.6 is 0 Å². The van der Waals surface area contributed by atoms with Gasteiger partial charge in [-0.25, -0.2) is 9.59 Å². The Hall–Kier alpha value is -2.70. The minimum Gasteiger partial charge on any atom is -0.461 e. The molecule has 0 fully saturated rings. The van der Waals surface area contributed by atoms with E-state index < -0.39 is 29.4 Å². The Labute approximate surface area is 140 Å². The summed E-state index contributed by atoms with van der Waals surface area (Å²) in [5, 5.41) is 3.85. The van der Waals surface area contributed by atoms with Crippen molar-refractivity contribution < 1.29 is 23.9 Å². The molecule has 7 nitrogen and oxygen atoms in total. The molecule has 1 heterocycles. The van der Waals surface area contributed by atoms with Gasteiger partial charge in [-0.1, -0.05) is 30.3 Å². The maximum atomic E-state index is 12.9. The van der Waals surface area contributed by atoms with E-state index >= 15 is 0 Å². The summed E-state index contributed by atoms with van der Waals surface area (Å²) in [7, 11) is 0. The molecule has 1 atom stereocenters. The van der Waals surface area contributed by atoms with Crippen molar-refractivity contribution >= 4 is 23.4 Å². The number of nitrogens with zero attached hydrogens (tertiary/aromatic N) is 1. The van der Waals surface area contributed by atoms with E-state index in [1.807, 2.05) is 0 Å². The van der Waals surface area contributed by atoms with Gasteiger partial charge in [0.25, 0.3) is 0 Å². The Morgan fingerprint density at radius 3 is 2.50 bits per heavy atom. The van der Waals surface area contributed by atoms with Gasteiger partial charge in [-0.05, 0) is 20.8 Å². The summed E-state index contributed by atoms with van der Waals surface area (Å²) in [4.78, 5) is 37.4. The van der Waals surface area contributed by atoms with Crippen LogP contribution in [0.15, 0.2) is 35.4 Å². The topological polar surface area (TPSA) is 94.1 Å². The first kappa shape index (κ1) is 17.7. The molecular formula is C17H20N2O5. The Bertz CT molecular complexity index is 669. The normalized spacial score (nSPS) is 19.4. The van der Waals surface area contributed by atoms with E-state index in [0.29, 0.717) is 5.56 Å². The molecule has 0 amide bonds.